The maximum atomic E-state index is 12.7. The lowest BCUT2D eigenvalue weighted by atomic mass is 9.96. The van der Waals surface area contributed by atoms with Crippen molar-refractivity contribution in [2.75, 3.05) is 20.1 Å². The minimum Gasteiger partial charge on any atom is -0.315 e. The second-order valence-electron chi connectivity index (χ2n) is 5.39. The van der Waals surface area contributed by atoms with Gasteiger partial charge in [-0.1, -0.05) is 13.8 Å². The van der Waals surface area contributed by atoms with Crippen LogP contribution in [0.2, 0.25) is 0 Å². The van der Waals surface area contributed by atoms with Crippen LogP contribution in [0.5, 0.6) is 0 Å². The SMILES string of the molecule is CNCc1sccc1S(=O)(=O)N1CCC(C(C)C)C1. The van der Waals surface area contributed by atoms with Crippen molar-refractivity contribution in [2.24, 2.45) is 11.8 Å². The lowest BCUT2D eigenvalue weighted by Gasteiger charge is -2.18. The molecule has 2 heterocycles. The highest BCUT2D eigenvalue weighted by molar-refractivity contribution is 7.89. The molecule has 1 saturated heterocycles. The van der Waals surface area contributed by atoms with Gasteiger partial charge in [0, 0.05) is 24.5 Å². The summed E-state index contributed by atoms with van der Waals surface area (Å²) in [7, 11) is -1.48. The molecular weight excluding hydrogens is 280 g/mol. The molecule has 4 nitrogen and oxygen atoms in total. The smallest absolute Gasteiger partial charge is 0.244 e. The Bertz CT molecular complexity index is 523. The Kier molecular flexibility index (Phi) is 4.66. The standard InChI is InChI=1S/C13H22N2O2S2/c1-10(2)11-4-6-15(9-11)19(16,17)13-5-7-18-12(13)8-14-3/h5,7,10-11,14H,4,6,8-9H2,1-3H3. The quantitative estimate of drug-likeness (QED) is 0.906. The first-order valence-corrected chi connectivity index (χ1v) is 9.00. The van der Waals surface area contributed by atoms with Gasteiger partial charge in [0.1, 0.15) is 0 Å². The summed E-state index contributed by atoms with van der Waals surface area (Å²) in [6.07, 6.45) is 0.975. The summed E-state index contributed by atoms with van der Waals surface area (Å²) < 4.78 is 27.0. The molecule has 0 saturated carbocycles. The van der Waals surface area contributed by atoms with Gasteiger partial charge < -0.3 is 5.32 Å². The van der Waals surface area contributed by atoms with Gasteiger partial charge in [0.05, 0.1) is 4.90 Å². The molecule has 0 aliphatic carbocycles. The van der Waals surface area contributed by atoms with E-state index in [1.54, 1.807) is 10.4 Å². The maximum absolute atomic E-state index is 12.7. The highest BCUT2D eigenvalue weighted by atomic mass is 32.2. The summed E-state index contributed by atoms with van der Waals surface area (Å²) >= 11 is 1.50. The van der Waals surface area contributed by atoms with Gasteiger partial charge in [-0.2, -0.15) is 4.31 Å². The molecule has 1 N–H and O–H groups in total. The third-order valence-corrected chi connectivity index (χ3v) is 6.79. The fourth-order valence-corrected chi connectivity index (χ4v) is 5.44. The predicted octanol–water partition coefficient (Wildman–Crippen LogP) is 2.13. The Balaban J connectivity index is 2.21. The van der Waals surface area contributed by atoms with Crippen LogP contribution >= 0.6 is 11.3 Å². The van der Waals surface area contributed by atoms with Crippen molar-refractivity contribution in [2.45, 2.75) is 31.7 Å². The van der Waals surface area contributed by atoms with Crippen molar-refractivity contribution in [3.8, 4) is 0 Å². The van der Waals surface area contributed by atoms with Gasteiger partial charge in [-0.25, -0.2) is 8.42 Å². The number of nitrogens with zero attached hydrogens (tertiary/aromatic N) is 1. The van der Waals surface area contributed by atoms with Gasteiger partial charge in [-0.15, -0.1) is 11.3 Å². The molecule has 1 fully saturated rings. The molecule has 1 atom stereocenters. The molecule has 1 unspecified atom stereocenters. The zero-order valence-corrected chi connectivity index (χ0v) is 13.4. The van der Waals surface area contributed by atoms with Crippen LogP contribution in [0.1, 0.15) is 25.1 Å². The molecule has 2 rings (SSSR count). The topological polar surface area (TPSA) is 49.4 Å². The molecule has 1 aliphatic heterocycles. The summed E-state index contributed by atoms with van der Waals surface area (Å²) in [6, 6.07) is 1.73. The van der Waals surface area contributed by atoms with E-state index in [9.17, 15) is 8.42 Å². The van der Waals surface area contributed by atoms with Gasteiger partial charge in [0.25, 0.3) is 0 Å². The van der Waals surface area contributed by atoms with E-state index in [0.29, 0.717) is 36.4 Å². The summed E-state index contributed by atoms with van der Waals surface area (Å²) in [5.41, 5.74) is 0. The van der Waals surface area contributed by atoms with Crippen LogP contribution in [0.4, 0.5) is 0 Å². The van der Waals surface area contributed by atoms with Crippen LogP contribution in [-0.2, 0) is 16.6 Å². The summed E-state index contributed by atoms with van der Waals surface area (Å²) in [6.45, 7) is 6.25. The molecule has 6 heteroatoms. The van der Waals surface area contributed by atoms with Crippen LogP contribution in [0.25, 0.3) is 0 Å². The van der Waals surface area contributed by atoms with E-state index in [0.717, 1.165) is 11.3 Å². The highest BCUT2D eigenvalue weighted by Crippen LogP contribution is 2.31. The van der Waals surface area contributed by atoms with E-state index in [-0.39, 0.29) is 0 Å². The Hall–Kier alpha value is -0.430. The van der Waals surface area contributed by atoms with Crippen molar-refractivity contribution >= 4 is 21.4 Å². The Morgan fingerprint density at radius 3 is 2.84 bits per heavy atom. The molecule has 108 valence electrons. The maximum Gasteiger partial charge on any atom is 0.244 e. The first kappa shape index (κ1) is 15.0. The van der Waals surface area contributed by atoms with E-state index < -0.39 is 10.0 Å². The molecule has 0 amide bonds. The normalized spacial score (nSPS) is 21.4. The van der Waals surface area contributed by atoms with Crippen LogP contribution in [0.15, 0.2) is 16.3 Å². The minimum absolute atomic E-state index is 0.483. The molecule has 0 aromatic carbocycles. The summed E-state index contributed by atoms with van der Waals surface area (Å²) in [5.74, 6) is 1.03. The third kappa shape index (κ3) is 3.02. The first-order valence-electron chi connectivity index (χ1n) is 6.68. The summed E-state index contributed by atoms with van der Waals surface area (Å²) in [5, 5.41) is 4.88. The van der Waals surface area contributed by atoms with Crippen molar-refractivity contribution in [3.63, 3.8) is 0 Å². The molecule has 0 radical (unpaired) electrons. The van der Waals surface area contributed by atoms with Crippen LogP contribution in [0.3, 0.4) is 0 Å². The first-order chi connectivity index (χ1) is 8.96. The zero-order chi connectivity index (χ0) is 14.0. The predicted molar refractivity (Wildman–Crippen MR) is 78.8 cm³/mol. The number of sulfonamides is 1. The minimum atomic E-state index is -3.31. The van der Waals surface area contributed by atoms with Crippen molar-refractivity contribution < 1.29 is 8.42 Å². The molecule has 1 aromatic rings. The number of thiophene rings is 1. The number of hydrogen-bond acceptors (Lipinski definition) is 4. The number of nitrogens with one attached hydrogen (secondary N) is 1. The second kappa shape index (κ2) is 5.91. The highest BCUT2D eigenvalue weighted by Gasteiger charge is 2.35. The Labute approximate surface area is 119 Å². The summed E-state index contributed by atoms with van der Waals surface area (Å²) in [4.78, 5) is 1.38. The van der Waals surface area contributed by atoms with E-state index in [1.165, 1.54) is 11.3 Å². The van der Waals surface area contributed by atoms with Gasteiger partial charge in [0.15, 0.2) is 0 Å². The fraction of sp³-hybridized carbons (Fsp3) is 0.692. The molecule has 1 aliphatic rings. The lowest BCUT2D eigenvalue weighted by Crippen LogP contribution is -2.30. The molecule has 0 bridgehead atoms. The molecule has 19 heavy (non-hydrogen) atoms. The van der Waals surface area contributed by atoms with E-state index in [4.69, 9.17) is 0 Å². The van der Waals surface area contributed by atoms with Gasteiger partial charge in [0.2, 0.25) is 10.0 Å². The van der Waals surface area contributed by atoms with Crippen molar-refractivity contribution in [1.29, 1.82) is 0 Å². The van der Waals surface area contributed by atoms with Crippen LogP contribution < -0.4 is 5.32 Å². The number of rotatable bonds is 5. The van der Waals surface area contributed by atoms with Gasteiger partial charge in [-0.3, -0.25) is 0 Å². The number of hydrogen-bond donors (Lipinski definition) is 1. The molecule has 1 aromatic heterocycles. The molecular formula is C13H22N2O2S2. The second-order valence-corrected chi connectivity index (χ2v) is 8.30. The zero-order valence-electron chi connectivity index (χ0n) is 11.7. The average Bonchev–Trinajstić information content (AvgIpc) is 2.97. The monoisotopic (exact) mass is 302 g/mol. The lowest BCUT2D eigenvalue weighted by molar-refractivity contribution is 0.388. The Morgan fingerprint density at radius 1 is 1.53 bits per heavy atom. The fourth-order valence-electron chi connectivity index (χ4n) is 2.50. The largest absolute Gasteiger partial charge is 0.315 e. The van der Waals surface area contributed by atoms with Crippen LogP contribution in [0, 0.1) is 11.8 Å². The van der Waals surface area contributed by atoms with Crippen molar-refractivity contribution in [1.82, 2.24) is 9.62 Å². The van der Waals surface area contributed by atoms with E-state index in [1.807, 2.05) is 12.4 Å². The van der Waals surface area contributed by atoms with Gasteiger partial charge >= 0.3 is 0 Å². The van der Waals surface area contributed by atoms with Crippen molar-refractivity contribution in [3.05, 3.63) is 16.3 Å². The molecule has 0 spiro atoms. The average molecular weight is 302 g/mol. The van der Waals surface area contributed by atoms with Gasteiger partial charge in [-0.05, 0) is 36.8 Å². The van der Waals surface area contributed by atoms with E-state index >= 15 is 0 Å². The Morgan fingerprint density at radius 2 is 2.26 bits per heavy atom. The third-order valence-electron chi connectivity index (χ3n) is 3.79. The van der Waals surface area contributed by atoms with E-state index in [2.05, 4.69) is 19.2 Å². The van der Waals surface area contributed by atoms with Crippen LogP contribution in [-0.4, -0.2) is 32.9 Å².